The second kappa shape index (κ2) is 17.5. The first kappa shape index (κ1) is 46.5. The molecular weight excluding hydrogens is 929 g/mol. The summed E-state index contributed by atoms with van der Waals surface area (Å²) in [5.74, 6) is 0. The van der Waals surface area contributed by atoms with Gasteiger partial charge < -0.3 is 9.80 Å². The molecule has 2 nitrogen and oxygen atoms in total. The molecule has 2 aliphatic heterocycles. The van der Waals surface area contributed by atoms with Crippen LogP contribution in [0.2, 0.25) is 0 Å². The van der Waals surface area contributed by atoms with E-state index in [1.165, 1.54) is 117 Å². The Labute approximate surface area is 454 Å². The van der Waals surface area contributed by atoms with Gasteiger partial charge in [-0.15, -0.1) is 0 Å². The van der Waals surface area contributed by atoms with Crippen molar-refractivity contribution in [1.29, 1.82) is 0 Å². The van der Waals surface area contributed by atoms with Crippen LogP contribution in [0, 0.1) is 0 Å². The van der Waals surface area contributed by atoms with Gasteiger partial charge in [-0.2, -0.15) is 0 Å². The van der Waals surface area contributed by atoms with E-state index < -0.39 is 0 Å². The van der Waals surface area contributed by atoms with Gasteiger partial charge in [0.1, 0.15) is 0 Å². The molecule has 11 aromatic carbocycles. The minimum absolute atomic E-state index is 0.111. The highest BCUT2D eigenvalue weighted by molar-refractivity contribution is 5.96. The van der Waals surface area contributed by atoms with E-state index >= 15 is 0 Å². The van der Waals surface area contributed by atoms with E-state index in [4.69, 9.17) is 0 Å². The van der Waals surface area contributed by atoms with Gasteiger partial charge in [-0.3, -0.25) is 0 Å². The Morgan fingerprint density at radius 1 is 0.247 bits per heavy atom. The van der Waals surface area contributed by atoms with Gasteiger partial charge in [0, 0.05) is 33.3 Å². The van der Waals surface area contributed by atoms with Crippen LogP contribution in [0.15, 0.2) is 255 Å². The lowest BCUT2D eigenvalue weighted by atomic mass is 9.65. The topological polar surface area (TPSA) is 6.48 Å². The molecule has 0 spiro atoms. The molecule has 14 rings (SSSR count). The molecule has 0 fully saturated rings. The Balaban J connectivity index is 0.842. The van der Waals surface area contributed by atoms with Crippen molar-refractivity contribution in [2.24, 2.45) is 0 Å². The van der Waals surface area contributed by atoms with Crippen LogP contribution in [0.5, 0.6) is 0 Å². The second-order valence-electron chi connectivity index (χ2n) is 23.0. The molecule has 0 saturated heterocycles. The summed E-state index contributed by atoms with van der Waals surface area (Å²) in [5.41, 5.74) is 29.5. The number of hydrogen-bond acceptors (Lipinski definition) is 2. The molecule has 0 N–H and O–H groups in total. The maximum Gasteiger partial charge on any atom is 0.0544 e. The number of hydrogen-bond donors (Lipinski definition) is 0. The first-order chi connectivity index (χ1) is 37.4. The average molecular weight is 989 g/mol. The van der Waals surface area contributed by atoms with Gasteiger partial charge in [0.25, 0.3) is 0 Å². The summed E-state index contributed by atoms with van der Waals surface area (Å²) in [7, 11) is 0. The van der Waals surface area contributed by atoms with Gasteiger partial charge in [0.2, 0.25) is 0 Å². The number of rotatable bonds is 8. The molecule has 2 heteroatoms. The Hall–Kier alpha value is -8.98. The lowest BCUT2D eigenvalue weighted by Crippen LogP contribution is -2.38. The van der Waals surface area contributed by atoms with Crippen LogP contribution in [-0.4, -0.2) is 0 Å². The van der Waals surface area contributed by atoms with Gasteiger partial charge in [-0.05, 0) is 173 Å². The summed E-state index contributed by atoms with van der Waals surface area (Å²) < 4.78 is 0. The van der Waals surface area contributed by atoms with Crippen molar-refractivity contribution >= 4 is 34.1 Å². The monoisotopic (exact) mass is 988 g/mol. The Morgan fingerprint density at radius 3 is 1.06 bits per heavy atom. The number of benzene rings is 11. The third-order valence-corrected chi connectivity index (χ3v) is 17.5. The van der Waals surface area contributed by atoms with Crippen molar-refractivity contribution in [3.05, 3.63) is 288 Å². The number of fused-ring (bicyclic) bond motifs is 7. The molecule has 2 heterocycles. The maximum absolute atomic E-state index is 2.58. The molecule has 3 aliphatic rings. The average Bonchev–Trinajstić information content (AvgIpc) is 3.89. The van der Waals surface area contributed by atoms with Crippen molar-refractivity contribution in [3.8, 4) is 66.8 Å². The third kappa shape index (κ3) is 7.45. The molecule has 0 radical (unpaired) electrons. The number of nitrogens with zero attached hydrogens (tertiary/aromatic N) is 2. The van der Waals surface area contributed by atoms with E-state index in [9.17, 15) is 0 Å². The van der Waals surface area contributed by atoms with Crippen LogP contribution in [0.1, 0.15) is 74.9 Å². The minimum atomic E-state index is -0.283. The molecule has 0 saturated carbocycles. The Kier molecular flexibility index (Phi) is 10.6. The molecule has 77 heavy (non-hydrogen) atoms. The van der Waals surface area contributed by atoms with Crippen LogP contribution >= 0.6 is 0 Å². The van der Waals surface area contributed by atoms with Crippen molar-refractivity contribution < 1.29 is 0 Å². The van der Waals surface area contributed by atoms with E-state index in [-0.39, 0.29) is 16.2 Å². The summed E-state index contributed by atoms with van der Waals surface area (Å²) in [6.45, 7) is 14.4. The fourth-order valence-corrected chi connectivity index (χ4v) is 13.1. The normalized spacial score (nSPS) is 14.6. The summed E-state index contributed by atoms with van der Waals surface area (Å²) in [4.78, 5) is 4.99. The summed E-state index contributed by atoms with van der Waals surface area (Å²) in [6.07, 6.45) is 0. The van der Waals surface area contributed by atoms with Crippen LogP contribution in [0.25, 0.3) is 66.8 Å². The molecule has 1 aliphatic carbocycles. The molecule has 0 aromatic heterocycles. The van der Waals surface area contributed by atoms with E-state index in [0.29, 0.717) is 0 Å². The summed E-state index contributed by atoms with van der Waals surface area (Å²) in [5, 5.41) is 0. The maximum atomic E-state index is 2.58. The van der Waals surface area contributed by atoms with E-state index in [1.807, 2.05) is 0 Å². The fourth-order valence-electron chi connectivity index (χ4n) is 13.1. The minimum Gasteiger partial charge on any atom is -0.310 e. The smallest absolute Gasteiger partial charge is 0.0544 e. The first-order valence-electron chi connectivity index (χ1n) is 27.2. The van der Waals surface area contributed by atoms with Crippen LogP contribution in [0.3, 0.4) is 0 Å². The van der Waals surface area contributed by atoms with E-state index in [1.54, 1.807) is 0 Å². The van der Waals surface area contributed by atoms with Crippen LogP contribution < -0.4 is 9.80 Å². The quantitative estimate of drug-likeness (QED) is 0.150. The van der Waals surface area contributed by atoms with Gasteiger partial charge in [0.15, 0.2) is 0 Å². The lowest BCUT2D eigenvalue weighted by molar-refractivity contribution is 0.598. The van der Waals surface area contributed by atoms with Crippen LogP contribution in [0.4, 0.5) is 34.1 Å². The molecule has 11 aromatic rings. The zero-order valence-corrected chi connectivity index (χ0v) is 44.6. The highest BCUT2D eigenvalue weighted by atomic mass is 15.2. The van der Waals surface area contributed by atoms with Crippen LogP contribution in [-0.2, 0) is 16.2 Å². The predicted octanol–water partition coefficient (Wildman–Crippen LogP) is 20.5. The zero-order chi connectivity index (χ0) is 52.2. The highest BCUT2D eigenvalue weighted by Crippen LogP contribution is 2.62. The standard InChI is InChI=1S/C75H60N2/c1-73(2)64-25-17-16-24-62(64)63-41-40-61(48-65(63)73)76(59-36-30-53(31-37-59)49-18-10-7-11-19-49)60-38-32-54(33-39-60)52-26-28-55(29-27-52)58-46-68-72-69(47-58)75(5,6)67-45-57(51-22-14-9-15-23-51)35-43-71(67)77(72)70-42-34-56(44-66(70)74(68,3)4)50-20-12-8-13-21-50/h7-48H,1-6H3. The first-order valence-corrected chi connectivity index (χ1v) is 27.2. The molecule has 0 atom stereocenters. The summed E-state index contributed by atoms with van der Waals surface area (Å²) in [6, 6.07) is 94.9. The largest absolute Gasteiger partial charge is 0.310 e. The van der Waals surface area contributed by atoms with E-state index in [2.05, 4.69) is 306 Å². The molecule has 0 bridgehead atoms. The molecular formula is C75H60N2. The van der Waals surface area contributed by atoms with E-state index in [0.717, 1.165) is 17.1 Å². The Morgan fingerprint density at radius 2 is 0.584 bits per heavy atom. The Bertz CT molecular complexity index is 3950. The van der Waals surface area contributed by atoms with Gasteiger partial charge in [0.05, 0.1) is 17.1 Å². The van der Waals surface area contributed by atoms with Crippen molar-refractivity contribution in [1.82, 2.24) is 0 Å². The lowest BCUT2D eigenvalue weighted by Gasteiger charge is -2.50. The second-order valence-corrected chi connectivity index (χ2v) is 23.0. The van der Waals surface area contributed by atoms with Crippen molar-refractivity contribution in [3.63, 3.8) is 0 Å². The van der Waals surface area contributed by atoms with Gasteiger partial charge in [-0.25, -0.2) is 0 Å². The third-order valence-electron chi connectivity index (χ3n) is 17.5. The molecule has 370 valence electrons. The number of anilines is 6. The fraction of sp³-hybridized carbons (Fsp3) is 0.120. The van der Waals surface area contributed by atoms with Gasteiger partial charge >= 0.3 is 0 Å². The highest BCUT2D eigenvalue weighted by Gasteiger charge is 2.46. The van der Waals surface area contributed by atoms with Crippen molar-refractivity contribution in [2.45, 2.75) is 57.8 Å². The SMILES string of the molecule is CC1(C)c2ccccc2-c2ccc(N(c3ccc(-c4ccccc4)cc3)c3ccc(-c4ccc(-c5cc6c7c(c5)C(C)(C)c5cc(-c8ccccc8)ccc5N7c5ccc(-c7ccccc7)cc5C6(C)C)cc4)cc3)cc21. The van der Waals surface area contributed by atoms with Crippen molar-refractivity contribution in [2.75, 3.05) is 9.80 Å². The molecule has 0 unspecified atom stereocenters. The van der Waals surface area contributed by atoms with Gasteiger partial charge in [-0.1, -0.05) is 224 Å². The summed E-state index contributed by atoms with van der Waals surface area (Å²) >= 11 is 0. The molecule has 0 amide bonds. The zero-order valence-electron chi connectivity index (χ0n) is 44.6. The predicted molar refractivity (Wildman–Crippen MR) is 325 cm³/mol.